The monoisotopic (exact) mass is 368 g/mol. The highest BCUT2D eigenvalue weighted by Crippen LogP contribution is 2.19. The molecule has 0 radical (unpaired) electrons. The topological polar surface area (TPSA) is 72.2 Å². The highest BCUT2D eigenvalue weighted by Gasteiger charge is 2.11. The fourth-order valence-electron chi connectivity index (χ4n) is 0.851. The van der Waals surface area contributed by atoms with Crippen molar-refractivity contribution in [2.24, 2.45) is 5.73 Å². The molecular weight excluding hydrogens is 363 g/mol. The second-order valence-electron chi connectivity index (χ2n) is 2.44. The van der Waals surface area contributed by atoms with Crippen molar-refractivity contribution in [2.45, 2.75) is 0 Å². The van der Waals surface area contributed by atoms with Crippen LogP contribution in [0.25, 0.3) is 0 Å². The van der Waals surface area contributed by atoms with E-state index in [9.17, 15) is 9.59 Å². The molecule has 0 aromatic heterocycles. The maximum Gasteiger partial charge on any atom is 0.319 e. The summed E-state index contributed by atoms with van der Waals surface area (Å²) in [6, 6.07) is 4.37. The molecule has 0 unspecified atom stereocenters. The van der Waals surface area contributed by atoms with E-state index in [0.717, 1.165) is 3.57 Å². The summed E-state index contributed by atoms with van der Waals surface area (Å²) in [5.41, 5.74) is 5.22. The van der Waals surface area contributed by atoms with Crippen LogP contribution in [0.5, 0.6) is 0 Å². The first-order chi connectivity index (χ1) is 6.50. The molecule has 0 aliphatic rings. The Balaban J connectivity index is 3.00. The van der Waals surface area contributed by atoms with E-state index < -0.39 is 11.9 Å². The number of primary amides is 1. The predicted molar refractivity (Wildman–Crippen MR) is 63.9 cm³/mol. The van der Waals surface area contributed by atoms with E-state index in [-0.39, 0.29) is 0 Å². The van der Waals surface area contributed by atoms with Gasteiger partial charge in [-0.3, -0.25) is 10.1 Å². The molecule has 0 heterocycles. The van der Waals surface area contributed by atoms with Crippen LogP contribution in [0.4, 0.5) is 4.79 Å². The van der Waals surface area contributed by atoms with Gasteiger partial charge in [0.1, 0.15) is 0 Å². The van der Waals surface area contributed by atoms with Gasteiger partial charge in [-0.15, -0.1) is 0 Å². The molecule has 0 fully saturated rings. The van der Waals surface area contributed by atoms with Crippen molar-refractivity contribution in [3.63, 3.8) is 0 Å². The van der Waals surface area contributed by atoms with E-state index in [0.29, 0.717) is 10.0 Å². The third-order valence-corrected chi connectivity index (χ3v) is 2.77. The second kappa shape index (κ2) is 4.74. The summed E-state index contributed by atoms with van der Waals surface area (Å²) in [6.07, 6.45) is 0. The summed E-state index contributed by atoms with van der Waals surface area (Å²) < 4.78 is 1.53. The molecule has 0 aliphatic heterocycles. The number of nitrogens with two attached hydrogens (primary N) is 1. The van der Waals surface area contributed by atoms with Crippen molar-refractivity contribution in [3.8, 4) is 0 Å². The summed E-state index contributed by atoms with van der Waals surface area (Å²) >= 11 is 5.28. The first kappa shape index (κ1) is 11.4. The normalized spacial score (nSPS) is 9.57. The molecule has 1 aromatic rings. The van der Waals surface area contributed by atoms with Gasteiger partial charge in [0.15, 0.2) is 0 Å². The van der Waals surface area contributed by atoms with Crippen molar-refractivity contribution in [1.82, 2.24) is 5.32 Å². The van der Waals surface area contributed by atoms with Crippen LogP contribution in [-0.4, -0.2) is 11.9 Å². The number of urea groups is 1. The average molecular weight is 369 g/mol. The molecule has 0 atom stereocenters. The first-order valence-electron chi connectivity index (χ1n) is 3.56. The summed E-state index contributed by atoms with van der Waals surface area (Å²) in [5, 5.41) is 1.99. The van der Waals surface area contributed by atoms with Crippen molar-refractivity contribution >= 4 is 50.5 Å². The third kappa shape index (κ3) is 2.95. The van der Waals surface area contributed by atoms with Gasteiger partial charge in [0.25, 0.3) is 5.91 Å². The van der Waals surface area contributed by atoms with Crippen LogP contribution in [0.3, 0.4) is 0 Å². The molecule has 0 saturated heterocycles. The Bertz CT molecular complexity index is 395. The Hall–Kier alpha value is -0.630. The maximum absolute atomic E-state index is 11.4. The van der Waals surface area contributed by atoms with Gasteiger partial charge in [0, 0.05) is 8.04 Å². The quantitative estimate of drug-likeness (QED) is 0.742. The molecule has 3 amide bonds. The molecule has 6 heteroatoms. The Labute approximate surface area is 103 Å². The van der Waals surface area contributed by atoms with E-state index in [1.807, 2.05) is 11.4 Å². The van der Waals surface area contributed by atoms with Crippen LogP contribution in [0.2, 0.25) is 0 Å². The molecule has 3 N–H and O–H groups in total. The lowest BCUT2D eigenvalue weighted by Crippen LogP contribution is -2.35. The molecule has 0 saturated carbocycles. The number of nitrogens with one attached hydrogen (secondary N) is 1. The lowest BCUT2D eigenvalue weighted by Gasteiger charge is -2.03. The number of rotatable bonds is 1. The second-order valence-corrected chi connectivity index (χ2v) is 4.54. The van der Waals surface area contributed by atoms with Crippen molar-refractivity contribution < 1.29 is 9.59 Å². The van der Waals surface area contributed by atoms with Crippen molar-refractivity contribution in [3.05, 3.63) is 31.8 Å². The van der Waals surface area contributed by atoms with E-state index in [1.54, 1.807) is 12.1 Å². The largest absolute Gasteiger partial charge is 0.351 e. The smallest absolute Gasteiger partial charge is 0.319 e. The van der Waals surface area contributed by atoms with Gasteiger partial charge in [0.2, 0.25) is 0 Å². The van der Waals surface area contributed by atoms with Gasteiger partial charge < -0.3 is 5.73 Å². The van der Waals surface area contributed by atoms with Gasteiger partial charge in [0.05, 0.1) is 5.56 Å². The van der Waals surface area contributed by atoms with Gasteiger partial charge in [-0.1, -0.05) is 0 Å². The standard InChI is InChI=1S/C8H6BrIN2O2/c9-6-2-1-4(10)3-5(6)7(13)12-8(11)14/h1-3H,(H3,11,12,13,14). The number of amides is 3. The fourth-order valence-corrected chi connectivity index (χ4v) is 1.77. The first-order valence-corrected chi connectivity index (χ1v) is 5.43. The molecule has 0 aliphatic carbocycles. The zero-order valence-electron chi connectivity index (χ0n) is 6.88. The molecule has 1 aromatic carbocycles. The average Bonchev–Trinajstić information content (AvgIpc) is 2.08. The Morgan fingerprint density at radius 1 is 1.43 bits per heavy atom. The SMILES string of the molecule is NC(=O)NC(=O)c1cc(I)ccc1Br. The van der Waals surface area contributed by atoms with E-state index in [1.165, 1.54) is 0 Å². The number of hydrogen-bond acceptors (Lipinski definition) is 2. The lowest BCUT2D eigenvalue weighted by molar-refractivity contribution is 0.0965. The van der Waals surface area contributed by atoms with Crippen LogP contribution < -0.4 is 11.1 Å². The van der Waals surface area contributed by atoms with Gasteiger partial charge in [-0.05, 0) is 56.7 Å². The summed E-state index contributed by atoms with van der Waals surface area (Å²) in [4.78, 5) is 21.8. The van der Waals surface area contributed by atoms with Gasteiger partial charge >= 0.3 is 6.03 Å². The summed E-state index contributed by atoms with van der Waals surface area (Å²) in [6.45, 7) is 0. The Kier molecular flexibility index (Phi) is 3.87. The molecule has 74 valence electrons. The zero-order chi connectivity index (χ0) is 10.7. The summed E-state index contributed by atoms with van der Waals surface area (Å²) in [7, 11) is 0. The maximum atomic E-state index is 11.4. The Morgan fingerprint density at radius 2 is 2.07 bits per heavy atom. The molecule has 0 spiro atoms. The van der Waals surface area contributed by atoms with E-state index in [2.05, 4.69) is 38.5 Å². The van der Waals surface area contributed by atoms with Gasteiger partial charge in [-0.25, -0.2) is 4.79 Å². The Morgan fingerprint density at radius 3 is 2.64 bits per heavy atom. The number of halogens is 2. The molecule has 4 nitrogen and oxygen atoms in total. The number of carbonyl (C=O) groups is 2. The number of benzene rings is 1. The molecule has 0 bridgehead atoms. The minimum atomic E-state index is -0.860. The van der Waals surface area contributed by atoms with Crippen LogP contribution in [0.15, 0.2) is 22.7 Å². The molecule has 1 rings (SSSR count). The lowest BCUT2D eigenvalue weighted by atomic mass is 10.2. The minimum absolute atomic E-state index is 0.385. The molecular formula is C8H6BrIN2O2. The molecule has 14 heavy (non-hydrogen) atoms. The number of hydrogen-bond donors (Lipinski definition) is 2. The highest BCUT2D eigenvalue weighted by molar-refractivity contribution is 14.1. The van der Waals surface area contributed by atoms with Crippen molar-refractivity contribution in [2.75, 3.05) is 0 Å². The highest BCUT2D eigenvalue weighted by atomic mass is 127. The summed E-state index contributed by atoms with van der Waals surface area (Å²) in [5.74, 6) is -0.511. The zero-order valence-corrected chi connectivity index (χ0v) is 10.6. The number of carbonyl (C=O) groups excluding carboxylic acids is 2. The van der Waals surface area contributed by atoms with Gasteiger partial charge in [-0.2, -0.15) is 0 Å². The number of imide groups is 1. The predicted octanol–water partition coefficient (Wildman–Crippen LogP) is 1.86. The third-order valence-electron chi connectivity index (χ3n) is 1.41. The van der Waals surface area contributed by atoms with Crippen LogP contribution >= 0.6 is 38.5 Å². The van der Waals surface area contributed by atoms with Crippen LogP contribution in [-0.2, 0) is 0 Å². The van der Waals surface area contributed by atoms with E-state index >= 15 is 0 Å². The minimum Gasteiger partial charge on any atom is -0.351 e. The van der Waals surface area contributed by atoms with E-state index in [4.69, 9.17) is 5.73 Å². The van der Waals surface area contributed by atoms with Crippen LogP contribution in [0, 0.1) is 3.57 Å². The fraction of sp³-hybridized carbons (Fsp3) is 0. The van der Waals surface area contributed by atoms with Crippen molar-refractivity contribution in [1.29, 1.82) is 0 Å². The van der Waals surface area contributed by atoms with Crippen LogP contribution in [0.1, 0.15) is 10.4 Å².